The van der Waals surface area contributed by atoms with Gasteiger partial charge < -0.3 is 10.1 Å². The van der Waals surface area contributed by atoms with Gasteiger partial charge in [0.25, 0.3) is 0 Å². The average molecular weight is 338 g/mol. The molecular weight excluding hydrogens is 318 g/mol. The monoisotopic (exact) mass is 337 g/mol. The Labute approximate surface area is 128 Å². The van der Waals surface area contributed by atoms with E-state index in [1.807, 2.05) is 11.7 Å². The molecule has 0 aliphatic rings. The van der Waals surface area contributed by atoms with Crippen molar-refractivity contribution < 1.29 is 4.74 Å². The lowest BCUT2D eigenvalue weighted by atomic mass is 10.0. The number of hydrogen-bond donors (Lipinski definition) is 1. The first kappa shape index (κ1) is 15.1. The maximum atomic E-state index is 5.43. The van der Waals surface area contributed by atoms with Gasteiger partial charge in [-0.15, -0.1) is 0 Å². The van der Waals surface area contributed by atoms with Crippen molar-refractivity contribution in [3.63, 3.8) is 0 Å². The molecule has 1 aromatic carbocycles. The molecule has 0 radical (unpaired) electrons. The number of benzene rings is 1. The third-order valence-corrected chi connectivity index (χ3v) is 4.23. The maximum Gasteiger partial charge on any atom is 0.161 e. The van der Waals surface area contributed by atoms with Crippen LogP contribution in [0.25, 0.3) is 0 Å². The van der Waals surface area contributed by atoms with Gasteiger partial charge in [-0.2, -0.15) is 5.10 Å². The standard InChI is InChI=1S/C15H20BrN3O/c1-5-17-14(11-7-6-10(2)12(16)8-11)15-13(20-4)9-18-19(15)3/h6-9,14,17H,5H2,1-4H3. The second-order valence-corrected chi connectivity index (χ2v) is 5.58. The van der Waals surface area contributed by atoms with Gasteiger partial charge in [0.05, 0.1) is 19.3 Å². The maximum absolute atomic E-state index is 5.43. The molecule has 0 aliphatic carbocycles. The molecule has 1 aromatic heterocycles. The first-order valence-electron chi connectivity index (χ1n) is 6.63. The lowest BCUT2D eigenvalue weighted by molar-refractivity contribution is 0.401. The summed E-state index contributed by atoms with van der Waals surface area (Å²) in [5.74, 6) is 0.801. The summed E-state index contributed by atoms with van der Waals surface area (Å²) in [4.78, 5) is 0. The van der Waals surface area contributed by atoms with Crippen molar-refractivity contribution in [3.8, 4) is 5.75 Å². The van der Waals surface area contributed by atoms with E-state index >= 15 is 0 Å². The van der Waals surface area contributed by atoms with E-state index in [4.69, 9.17) is 4.74 Å². The number of aryl methyl sites for hydroxylation is 2. The van der Waals surface area contributed by atoms with E-state index < -0.39 is 0 Å². The van der Waals surface area contributed by atoms with Gasteiger partial charge in [0.15, 0.2) is 5.75 Å². The van der Waals surface area contributed by atoms with Gasteiger partial charge >= 0.3 is 0 Å². The molecule has 1 unspecified atom stereocenters. The zero-order valence-corrected chi connectivity index (χ0v) is 13.9. The zero-order chi connectivity index (χ0) is 14.7. The highest BCUT2D eigenvalue weighted by molar-refractivity contribution is 9.10. The molecule has 0 spiro atoms. The Hall–Kier alpha value is -1.33. The van der Waals surface area contributed by atoms with Crippen LogP contribution in [0.4, 0.5) is 0 Å². The number of nitrogens with one attached hydrogen (secondary N) is 1. The van der Waals surface area contributed by atoms with E-state index in [0.717, 1.165) is 22.5 Å². The Morgan fingerprint density at radius 1 is 1.45 bits per heavy atom. The molecule has 20 heavy (non-hydrogen) atoms. The van der Waals surface area contributed by atoms with E-state index in [0.29, 0.717) is 0 Å². The summed E-state index contributed by atoms with van der Waals surface area (Å²) < 4.78 is 8.41. The minimum absolute atomic E-state index is 0.0550. The molecule has 5 heteroatoms. The fourth-order valence-corrected chi connectivity index (χ4v) is 2.67. The fraction of sp³-hybridized carbons (Fsp3) is 0.400. The van der Waals surface area contributed by atoms with Gasteiger partial charge in [-0.1, -0.05) is 35.0 Å². The summed E-state index contributed by atoms with van der Waals surface area (Å²) >= 11 is 3.60. The molecule has 0 aliphatic heterocycles. The number of methoxy groups -OCH3 is 1. The van der Waals surface area contributed by atoms with Crippen LogP contribution in [0.2, 0.25) is 0 Å². The highest BCUT2D eigenvalue weighted by Gasteiger charge is 2.22. The second kappa shape index (κ2) is 6.41. The highest BCUT2D eigenvalue weighted by Crippen LogP contribution is 2.31. The van der Waals surface area contributed by atoms with Gasteiger partial charge in [0.2, 0.25) is 0 Å². The second-order valence-electron chi connectivity index (χ2n) is 4.72. The Kier molecular flexibility index (Phi) is 4.83. The molecule has 0 saturated carbocycles. The van der Waals surface area contributed by atoms with Crippen LogP contribution in [0.1, 0.15) is 29.8 Å². The minimum atomic E-state index is 0.0550. The van der Waals surface area contributed by atoms with Crippen LogP contribution < -0.4 is 10.1 Å². The van der Waals surface area contributed by atoms with E-state index in [9.17, 15) is 0 Å². The molecule has 4 nitrogen and oxygen atoms in total. The van der Waals surface area contributed by atoms with E-state index in [2.05, 4.69) is 58.4 Å². The first-order chi connectivity index (χ1) is 9.58. The molecule has 1 atom stereocenters. The summed E-state index contributed by atoms with van der Waals surface area (Å²) in [5.41, 5.74) is 3.44. The van der Waals surface area contributed by atoms with Crippen LogP contribution in [-0.4, -0.2) is 23.4 Å². The van der Waals surface area contributed by atoms with Crippen molar-refractivity contribution in [1.82, 2.24) is 15.1 Å². The molecule has 1 N–H and O–H groups in total. The van der Waals surface area contributed by atoms with Crippen molar-refractivity contribution in [3.05, 3.63) is 45.7 Å². The van der Waals surface area contributed by atoms with Crippen LogP contribution in [0.15, 0.2) is 28.9 Å². The average Bonchev–Trinajstić information content (AvgIpc) is 2.80. The smallest absolute Gasteiger partial charge is 0.161 e. The molecule has 1 heterocycles. The van der Waals surface area contributed by atoms with Crippen molar-refractivity contribution in [2.75, 3.05) is 13.7 Å². The predicted octanol–water partition coefficient (Wildman–Crippen LogP) is 3.20. The van der Waals surface area contributed by atoms with Gasteiger partial charge in [-0.25, -0.2) is 0 Å². The largest absolute Gasteiger partial charge is 0.493 e. The number of nitrogens with zero attached hydrogens (tertiary/aromatic N) is 2. The van der Waals surface area contributed by atoms with Crippen molar-refractivity contribution in [2.24, 2.45) is 7.05 Å². The van der Waals surface area contributed by atoms with E-state index in [1.165, 1.54) is 11.1 Å². The fourth-order valence-electron chi connectivity index (χ4n) is 2.28. The summed E-state index contributed by atoms with van der Waals surface area (Å²) in [7, 11) is 3.61. The van der Waals surface area contributed by atoms with Crippen LogP contribution in [0.5, 0.6) is 5.75 Å². The number of aromatic nitrogens is 2. The van der Waals surface area contributed by atoms with E-state index in [-0.39, 0.29) is 6.04 Å². The van der Waals surface area contributed by atoms with Crippen LogP contribution in [0, 0.1) is 6.92 Å². The molecule has 0 bridgehead atoms. The van der Waals surface area contributed by atoms with Gasteiger partial charge in [-0.3, -0.25) is 4.68 Å². The third-order valence-electron chi connectivity index (χ3n) is 3.38. The normalized spacial score (nSPS) is 12.4. The summed E-state index contributed by atoms with van der Waals surface area (Å²) in [6, 6.07) is 6.46. The first-order valence-corrected chi connectivity index (χ1v) is 7.43. The van der Waals surface area contributed by atoms with Gasteiger partial charge in [-0.05, 0) is 30.7 Å². The minimum Gasteiger partial charge on any atom is -0.493 e. The SMILES string of the molecule is CCNC(c1ccc(C)c(Br)c1)c1c(OC)cnn1C. The molecule has 0 amide bonds. The molecule has 0 fully saturated rings. The number of hydrogen-bond acceptors (Lipinski definition) is 3. The Morgan fingerprint density at radius 2 is 2.20 bits per heavy atom. The molecule has 2 aromatic rings. The number of halogens is 1. The Balaban J connectivity index is 2.49. The molecule has 2 rings (SSSR count). The Bertz CT molecular complexity index is 595. The lowest BCUT2D eigenvalue weighted by Crippen LogP contribution is -2.24. The topological polar surface area (TPSA) is 39.1 Å². The summed E-state index contributed by atoms with van der Waals surface area (Å²) in [5, 5.41) is 7.80. The van der Waals surface area contributed by atoms with Crippen LogP contribution >= 0.6 is 15.9 Å². The van der Waals surface area contributed by atoms with Crippen LogP contribution in [-0.2, 0) is 7.05 Å². The zero-order valence-electron chi connectivity index (χ0n) is 12.3. The van der Waals surface area contributed by atoms with Crippen molar-refractivity contribution in [2.45, 2.75) is 19.9 Å². The Morgan fingerprint density at radius 3 is 2.80 bits per heavy atom. The quantitative estimate of drug-likeness (QED) is 0.910. The summed E-state index contributed by atoms with van der Waals surface area (Å²) in [6.45, 7) is 5.05. The molecular formula is C15H20BrN3O. The van der Waals surface area contributed by atoms with E-state index in [1.54, 1.807) is 13.3 Å². The molecule has 0 saturated heterocycles. The van der Waals surface area contributed by atoms with Gasteiger partial charge in [0.1, 0.15) is 5.69 Å². The third kappa shape index (κ3) is 2.88. The number of ether oxygens (including phenoxy) is 1. The molecule has 108 valence electrons. The van der Waals surface area contributed by atoms with Gasteiger partial charge in [0, 0.05) is 11.5 Å². The van der Waals surface area contributed by atoms with Crippen molar-refractivity contribution in [1.29, 1.82) is 0 Å². The highest BCUT2D eigenvalue weighted by atomic mass is 79.9. The van der Waals surface area contributed by atoms with Crippen molar-refractivity contribution >= 4 is 15.9 Å². The lowest BCUT2D eigenvalue weighted by Gasteiger charge is -2.20. The summed E-state index contributed by atoms with van der Waals surface area (Å²) in [6.07, 6.45) is 1.75. The van der Waals surface area contributed by atoms with Crippen LogP contribution in [0.3, 0.4) is 0 Å². The number of rotatable bonds is 5. The predicted molar refractivity (Wildman–Crippen MR) is 84.2 cm³/mol.